The maximum absolute atomic E-state index is 13.2. The van der Waals surface area contributed by atoms with Crippen molar-refractivity contribution in [2.45, 2.75) is 50.0 Å². The highest BCUT2D eigenvalue weighted by atomic mass is 19.1. The van der Waals surface area contributed by atoms with Gasteiger partial charge in [-0.25, -0.2) is 9.37 Å². The number of aromatic nitrogens is 4. The molecular weight excluding hydrogens is 417 g/mol. The second-order valence-corrected chi connectivity index (χ2v) is 8.23. The Bertz CT molecular complexity index is 1240. The second-order valence-electron chi connectivity index (χ2n) is 8.23. The van der Waals surface area contributed by atoms with Crippen LogP contribution in [0.1, 0.15) is 42.1 Å². The lowest BCUT2D eigenvalue weighted by Crippen LogP contribution is -2.30. The lowest BCUT2D eigenvalue weighted by molar-refractivity contribution is 0.0949. The lowest BCUT2D eigenvalue weighted by Gasteiger charge is -2.19. The van der Waals surface area contributed by atoms with Gasteiger partial charge in [0, 0.05) is 25.7 Å². The molecule has 0 aliphatic heterocycles. The molecule has 0 bridgehead atoms. The molecule has 11 heteroatoms. The predicted octanol–water partition coefficient (Wildman–Crippen LogP) is 1.60. The number of amides is 1. The highest BCUT2D eigenvalue weighted by molar-refractivity contribution is 6.00. The number of anilines is 3. The number of rotatable bonds is 6. The van der Waals surface area contributed by atoms with Crippen molar-refractivity contribution in [1.29, 1.82) is 0 Å². The molecule has 5 rings (SSSR count). The first-order valence-electron chi connectivity index (χ1n) is 10.6. The summed E-state index contributed by atoms with van der Waals surface area (Å²) in [7, 11) is 1.70. The molecule has 2 aliphatic carbocycles. The number of aliphatic hydroxyl groups is 1. The fourth-order valence-corrected chi connectivity index (χ4v) is 4.17. The first-order valence-corrected chi connectivity index (χ1v) is 10.6. The molecule has 2 saturated carbocycles. The van der Waals surface area contributed by atoms with Crippen LogP contribution >= 0.6 is 0 Å². The second kappa shape index (κ2) is 7.90. The minimum absolute atomic E-state index is 0.212. The van der Waals surface area contributed by atoms with E-state index in [1.807, 2.05) is 0 Å². The van der Waals surface area contributed by atoms with Crippen LogP contribution in [0.3, 0.4) is 0 Å². The van der Waals surface area contributed by atoms with E-state index >= 15 is 0 Å². The van der Waals surface area contributed by atoms with Gasteiger partial charge in [0.1, 0.15) is 29.1 Å². The van der Waals surface area contributed by atoms with Gasteiger partial charge in [0.05, 0.1) is 24.4 Å². The van der Waals surface area contributed by atoms with Gasteiger partial charge in [-0.05, 0) is 31.4 Å². The molecule has 0 aromatic carbocycles. The first kappa shape index (κ1) is 20.4. The van der Waals surface area contributed by atoms with Gasteiger partial charge in [0.25, 0.3) is 11.5 Å². The molecule has 2 aliphatic rings. The van der Waals surface area contributed by atoms with E-state index in [0.717, 1.165) is 12.8 Å². The van der Waals surface area contributed by atoms with Crippen molar-refractivity contribution in [3.63, 3.8) is 0 Å². The van der Waals surface area contributed by atoms with Crippen LogP contribution in [0, 0.1) is 0 Å². The molecule has 2 fully saturated rings. The average molecular weight is 441 g/mol. The number of nitrogens with one attached hydrogen (secondary N) is 3. The van der Waals surface area contributed by atoms with E-state index in [4.69, 9.17) is 0 Å². The third kappa shape index (κ3) is 3.58. The number of pyridine rings is 1. The summed E-state index contributed by atoms with van der Waals surface area (Å²) in [5.41, 5.74) is 0.522. The summed E-state index contributed by atoms with van der Waals surface area (Å²) in [6, 6.07) is 4.33. The lowest BCUT2D eigenvalue weighted by atomic mass is 10.2. The van der Waals surface area contributed by atoms with Gasteiger partial charge in [-0.15, -0.1) is 0 Å². The van der Waals surface area contributed by atoms with Crippen LogP contribution in [0.4, 0.5) is 21.7 Å². The summed E-state index contributed by atoms with van der Waals surface area (Å²) in [4.78, 5) is 30.1. The van der Waals surface area contributed by atoms with Gasteiger partial charge in [-0.1, -0.05) is 0 Å². The van der Waals surface area contributed by atoms with Crippen LogP contribution in [0.25, 0.3) is 5.65 Å². The smallest absolute Gasteiger partial charge is 0.274 e. The van der Waals surface area contributed by atoms with Crippen LogP contribution in [0.2, 0.25) is 0 Å². The average Bonchev–Trinajstić information content (AvgIpc) is 3.14. The van der Waals surface area contributed by atoms with Crippen molar-refractivity contribution < 1.29 is 14.3 Å². The van der Waals surface area contributed by atoms with Gasteiger partial charge in [0.15, 0.2) is 5.65 Å². The summed E-state index contributed by atoms with van der Waals surface area (Å²) in [6.07, 6.45) is 4.10. The summed E-state index contributed by atoms with van der Waals surface area (Å²) in [5.74, 6) is 0.441. The Labute approximate surface area is 182 Å². The molecule has 0 spiro atoms. The third-order valence-electron chi connectivity index (χ3n) is 6.04. The normalized spacial score (nSPS) is 24.5. The zero-order chi connectivity index (χ0) is 22.4. The van der Waals surface area contributed by atoms with Gasteiger partial charge < -0.3 is 25.6 Å². The highest BCUT2D eigenvalue weighted by Gasteiger charge is 2.39. The monoisotopic (exact) mass is 441 g/mol. The number of hydrogen-bond acceptors (Lipinski definition) is 7. The maximum Gasteiger partial charge on any atom is 0.274 e. The topological polar surface area (TPSA) is 126 Å². The molecule has 0 radical (unpaired) electrons. The summed E-state index contributed by atoms with van der Waals surface area (Å²) in [6.45, 7) is 0. The van der Waals surface area contributed by atoms with E-state index in [9.17, 15) is 19.1 Å². The Balaban J connectivity index is 1.49. The largest absolute Gasteiger partial charge is 0.391 e. The Hall–Kier alpha value is -3.47. The first-order chi connectivity index (χ1) is 15.5. The third-order valence-corrected chi connectivity index (χ3v) is 6.04. The fraction of sp³-hybridized carbons (Fsp3) is 0.429. The van der Waals surface area contributed by atoms with Gasteiger partial charge in [0.2, 0.25) is 0 Å². The predicted molar refractivity (Wildman–Crippen MR) is 116 cm³/mol. The number of nitrogens with zero attached hydrogens (tertiary/aromatic N) is 4. The van der Waals surface area contributed by atoms with Gasteiger partial charge in [-0.3, -0.25) is 9.59 Å². The van der Waals surface area contributed by atoms with Crippen LogP contribution in [0.15, 0.2) is 35.4 Å². The minimum atomic E-state index is -1.02. The number of hydrogen-bond donors (Lipinski definition) is 4. The van der Waals surface area contributed by atoms with E-state index in [1.54, 1.807) is 36.0 Å². The molecule has 1 amide bonds. The molecule has 3 aromatic rings. The molecule has 0 saturated heterocycles. The Morgan fingerprint density at radius 2 is 2.16 bits per heavy atom. The van der Waals surface area contributed by atoms with Crippen molar-refractivity contribution in [2.75, 3.05) is 17.7 Å². The van der Waals surface area contributed by atoms with E-state index in [1.165, 1.54) is 10.7 Å². The number of aliphatic hydroxyl groups excluding tert-OH is 1. The van der Waals surface area contributed by atoms with Crippen LogP contribution in [0.5, 0.6) is 0 Å². The number of alkyl halides is 1. The van der Waals surface area contributed by atoms with Crippen molar-refractivity contribution in [3.05, 3.63) is 46.5 Å². The number of carbonyl (C=O) groups excluding carboxylic acids is 1. The summed E-state index contributed by atoms with van der Waals surface area (Å²) >= 11 is 0. The van der Waals surface area contributed by atoms with Crippen LogP contribution in [-0.4, -0.2) is 55.5 Å². The zero-order valence-corrected chi connectivity index (χ0v) is 17.5. The van der Waals surface area contributed by atoms with Crippen molar-refractivity contribution in [2.24, 2.45) is 0 Å². The SMILES string of the molecule is CNc1cc(Nc2cccn([C@H]3CCC[C@H]3O)c2=O)nc2c(C(=O)N[C@@H]3C[C@@H]3F)cnn12. The van der Waals surface area contributed by atoms with Gasteiger partial charge >= 0.3 is 0 Å². The molecule has 3 aromatic heterocycles. The number of fused-ring (bicyclic) bond motifs is 1. The standard InChI is InChI=1S/C21H24FN7O3/c1-23-18-9-17(25-13-4-3-7-28(21(13)32)15-5-2-6-16(15)30)27-19-11(10-24-29(18)19)20(31)26-14-8-12(14)22/h3-4,7,9-10,12,14-16,23,30H,2,5-6,8H2,1H3,(H,25,27)(H,26,31)/t12-,14+,15-,16+/m0/s1. The quantitative estimate of drug-likeness (QED) is 0.458. The van der Waals surface area contributed by atoms with Gasteiger partial charge in [-0.2, -0.15) is 9.61 Å². The molecule has 3 heterocycles. The fourth-order valence-electron chi connectivity index (χ4n) is 4.17. The summed E-state index contributed by atoms with van der Waals surface area (Å²) in [5, 5.41) is 23.1. The van der Waals surface area contributed by atoms with E-state index in [2.05, 4.69) is 26.0 Å². The molecule has 168 valence electrons. The Morgan fingerprint density at radius 1 is 1.34 bits per heavy atom. The number of carbonyl (C=O) groups is 1. The van der Waals surface area contributed by atoms with E-state index in [0.29, 0.717) is 30.2 Å². The highest BCUT2D eigenvalue weighted by Crippen LogP contribution is 2.29. The molecule has 32 heavy (non-hydrogen) atoms. The van der Waals surface area contributed by atoms with Crippen LogP contribution in [-0.2, 0) is 0 Å². The molecule has 0 unspecified atom stereocenters. The molecule has 4 atom stereocenters. The minimum Gasteiger partial charge on any atom is -0.391 e. The molecular formula is C21H24FN7O3. The van der Waals surface area contributed by atoms with E-state index in [-0.39, 0.29) is 22.8 Å². The summed E-state index contributed by atoms with van der Waals surface area (Å²) < 4.78 is 16.2. The molecule has 4 N–H and O–H groups in total. The van der Waals surface area contributed by atoms with Crippen molar-refractivity contribution >= 4 is 28.9 Å². The molecule has 10 nitrogen and oxygen atoms in total. The zero-order valence-electron chi connectivity index (χ0n) is 17.5. The van der Waals surface area contributed by atoms with Crippen molar-refractivity contribution in [1.82, 2.24) is 24.5 Å². The number of halogens is 1. The van der Waals surface area contributed by atoms with Crippen LogP contribution < -0.4 is 21.5 Å². The Kier molecular flexibility index (Phi) is 5.04. The van der Waals surface area contributed by atoms with E-state index < -0.39 is 24.2 Å². The van der Waals surface area contributed by atoms with Crippen molar-refractivity contribution in [3.8, 4) is 0 Å². The maximum atomic E-state index is 13.2. The Morgan fingerprint density at radius 3 is 2.84 bits per heavy atom.